The molecule has 26 heavy (non-hydrogen) atoms. The van der Waals surface area contributed by atoms with Gasteiger partial charge in [-0.3, -0.25) is 14.4 Å². The Hall–Kier alpha value is -2.67. The summed E-state index contributed by atoms with van der Waals surface area (Å²) in [5.74, 6) is -0.523. The molecule has 1 aliphatic heterocycles. The van der Waals surface area contributed by atoms with Crippen molar-refractivity contribution < 1.29 is 9.90 Å². The lowest BCUT2D eigenvalue weighted by molar-refractivity contribution is -0.137. The summed E-state index contributed by atoms with van der Waals surface area (Å²) >= 11 is 0. The van der Waals surface area contributed by atoms with Gasteiger partial charge in [-0.05, 0) is 44.0 Å². The second-order valence-electron chi connectivity index (χ2n) is 7.11. The average molecular weight is 353 g/mol. The smallest absolute Gasteiger partial charge is 0.325 e. The highest BCUT2D eigenvalue weighted by Crippen LogP contribution is 2.26. The topological polar surface area (TPSA) is 75.7 Å². The molecule has 0 radical (unpaired) electrons. The number of aryl methyl sites for hydroxylation is 1. The largest absolute Gasteiger partial charge is 0.480 e. The fourth-order valence-corrected chi connectivity index (χ4v) is 3.72. The highest BCUT2D eigenvalue weighted by atomic mass is 16.4. The van der Waals surface area contributed by atoms with Gasteiger partial charge < -0.3 is 9.51 Å². The first kappa shape index (κ1) is 16.8. The Balaban J connectivity index is 1.44. The lowest BCUT2D eigenvalue weighted by atomic mass is 9.95. The van der Waals surface area contributed by atoms with Gasteiger partial charge in [-0.25, -0.2) is 4.98 Å². The number of nitrogens with zero attached hydrogens (tertiary/aromatic N) is 5. The predicted molar refractivity (Wildman–Crippen MR) is 97.0 cm³/mol. The molecule has 0 aliphatic carbocycles. The standard InChI is InChI=1S/C19H23N5O2/c1-14-4-5-18-20-16(12-23(18)9-14)11-22-7-2-3-15(10-22)17-6-8-24(21-17)13-19(25)26/h4-6,8-9,12,15H,2-3,7,10-11,13H2,1H3,(H,25,26)/t15-/m0/s1. The summed E-state index contributed by atoms with van der Waals surface area (Å²) in [4.78, 5) is 18.0. The van der Waals surface area contributed by atoms with Crippen LogP contribution in [0.1, 0.15) is 35.7 Å². The normalized spacial score (nSPS) is 18.4. The Morgan fingerprint density at radius 1 is 1.31 bits per heavy atom. The van der Waals surface area contributed by atoms with Crippen LogP contribution in [0.25, 0.3) is 5.65 Å². The van der Waals surface area contributed by atoms with E-state index < -0.39 is 5.97 Å². The number of imidazole rings is 1. The third-order valence-corrected chi connectivity index (χ3v) is 4.92. The zero-order valence-electron chi connectivity index (χ0n) is 14.9. The maximum Gasteiger partial charge on any atom is 0.325 e. The minimum absolute atomic E-state index is 0.0862. The van der Waals surface area contributed by atoms with Crippen molar-refractivity contribution in [1.82, 2.24) is 24.1 Å². The van der Waals surface area contributed by atoms with E-state index in [1.165, 1.54) is 10.2 Å². The fourth-order valence-electron chi connectivity index (χ4n) is 3.72. The fraction of sp³-hybridized carbons (Fsp3) is 0.421. The zero-order valence-corrected chi connectivity index (χ0v) is 14.9. The van der Waals surface area contributed by atoms with Crippen LogP contribution in [0.5, 0.6) is 0 Å². The minimum Gasteiger partial charge on any atom is -0.480 e. The molecule has 0 unspecified atom stereocenters. The molecular weight excluding hydrogens is 330 g/mol. The van der Waals surface area contributed by atoms with Gasteiger partial charge in [0.25, 0.3) is 0 Å². The van der Waals surface area contributed by atoms with Crippen LogP contribution in [0.4, 0.5) is 0 Å². The molecule has 3 aromatic heterocycles. The second kappa shape index (κ2) is 6.92. The van der Waals surface area contributed by atoms with Crippen molar-refractivity contribution in [2.45, 2.75) is 38.8 Å². The van der Waals surface area contributed by atoms with Crippen molar-refractivity contribution >= 4 is 11.6 Å². The van der Waals surface area contributed by atoms with E-state index in [1.807, 2.05) is 12.1 Å². The van der Waals surface area contributed by atoms with Gasteiger partial charge in [0.1, 0.15) is 12.2 Å². The van der Waals surface area contributed by atoms with Crippen LogP contribution >= 0.6 is 0 Å². The molecule has 0 aromatic carbocycles. The number of likely N-dealkylation sites (tertiary alicyclic amines) is 1. The molecule has 7 nitrogen and oxygen atoms in total. The number of carboxylic acid groups (broad SMARTS) is 1. The molecule has 0 bridgehead atoms. The maximum absolute atomic E-state index is 10.8. The second-order valence-corrected chi connectivity index (χ2v) is 7.11. The van der Waals surface area contributed by atoms with Crippen LogP contribution in [0.15, 0.2) is 36.8 Å². The number of aromatic nitrogens is 4. The molecule has 7 heteroatoms. The highest BCUT2D eigenvalue weighted by Gasteiger charge is 2.24. The Morgan fingerprint density at radius 3 is 3.04 bits per heavy atom. The number of rotatable bonds is 5. The Labute approximate surface area is 151 Å². The van der Waals surface area contributed by atoms with Crippen LogP contribution < -0.4 is 0 Å². The van der Waals surface area contributed by atoms with Crippen LogP contribution in [-0.2, 0) is 17.9 Å². The first-order valence-electron chi connectivity index (χ1n) is 8.98. The number of hydrogen-bond donors (Lipinski definition) is 1. The third kappa shape index (κ3) is 3.62. The van der Waals surface area contributed by atoms with Crippen LogP contribution in [0.3, 0.4) is 0 Å². The van der Waals surface area contributed by atoms with E-state index in [-0.39, 0.29) is 6.54 Å². The monoisotopic (exact) mass is 353 g/mol. The molecule has 4 rings (SSSR count). The van der Waals surface area contributed by atoms with E-state index in [4.69, 9.17) is 10.1 Å². The lowest BCUT2D eigenvalue weighted by Gasteiger charge is -2.31. The number of hydrogen-bond acceptors (Lipinski definition) is 4. The molecule has 0 spiro atoms. The molecule has 4 heterocycles. The van der Waals surface area contributed by atoms with Crippen LogP contribution in [0.2, 0.25) is 0 Å². The molecule has 3 aromatic rings. The summed E-state index contributed by atoms with van der Waals surface area (Å²) in [5, 5.41) is 13.3. The number of aliphatic carboxylic acids is 1. The van der Waals surface area contributed by atoms with Crippen molar-refractivity contribution in [2.75, 3.05) is 13.1 Å². The van der Waals surface area contributed by atoms with Gasteiger partial charge in [-0.1, -0.05) is 6.07 Å². The van der Waals surface area contributed by atoms with E-state index >= 15 is 0 Å². The lowest BCUT2D eigenvalue weighted by Crippen LogP contribution is -2.34. The number of carbonyl (C=O) groups is 1. The van der Waals surface area contributed by atoms with Crippen molar-refractivity contribution in [2.24, 2.45) is 0 Å². The number of pyridine rings is 1. The minimum atomic E-state index is -0.869. The quantitative estimate of drug-likeness (QED) is 0.762. The number of fused-ring (bicyclic) bond motifs is 1. The summed E-state index contributed by atoms with van der Waals surface area (Å²) in [6.45, 7) is 4.80. The Kier molecular flexibility index (Phi) is 4.46. The molecule has 1 saturated heterocycles. The molecule has 0 saturated carbocycles. The molecule has 1 aliphatic rings. The summed E-state index contributed by atoms with van der Waals surface area (Å²) in [6, 6.07) is 6.08. The van der Waals surface area contributed by atoms with E-state index in [1.54, 1.807) is 6.20 Å². The summed E-state index contributed by atoms with van der Waals surface area (Å²) in [6.07, 6.45) is 8.16. The van der Waals surface area contributed by atoms with Gasteiger partial charge >= 0.3 is 5.97 Å². The van der Waals surface area contributed by atoms with Gasteiger partial charge in [-0.2, -0.15) is 5.10 Å². The summed E-state index contributed by atoms with van der Waals surface area (Å²) in [5.41, 5.74) is 4.26. The molecule has 1 atom stereocenters. The molecule has 1 fully saturated rings. The van der Waals surface area contributed by atoms with E-state index in [0.717, 1.165) is 49.5 Å². The van der Waals surface area contributed by atoms with Crippen LogP contribution in [-0.4, -0.2) is 48.2 Å². The van der Waals surface area contributed by atoms with Gasteiger partial charge in [0.2, 0.25) is 0 Å². The van der Waals surface area contributed by atoms with Gasteiger partial charge in [0.05, 0.1) is 11.4 Å². The van der Waals surface area contributed by atoms with E-state index in [2.05, 4.69) is 39.8 Å². The van der Waals surface area contributed by atoms with Gasteiger partial charge in [-0.15, -0.1) is 0 Å². The predicted octanol–water partition coefficient (Wildman–Crippen LogP) is 2.30. The SMILES string of the molecule is Cc1ccc2nc(CN3CCC[C@H](c4ccn(CC(=O)O)n4)C3)cn2c1. The van der Waals surface area contributed by atoms with Crippen molar-refractivity contribution in [1.29, 1.82) is 0 Å². The zero-order chi connectivity index (χ0) is 18.1. The summed E-state index contributed by atoms with van der Waals surface area (Å²) < 4.78 is 3.58. The summed E-state index contributed by atoms with van der Waals surface area (Å²) in [7, 11) is 0. The molecule has 136 valence electrons. The van der Waals surface area contributed by atoms with Crippen molar-refractivity contribution in [3.8, 4) is 0 Å². The van der Waals surface area contributed by atoms with Gasteiger partial charge in [0.15, 0.2) is 0 Å². The first-order valence-corrected chi connectivity index (χ1v) is 8.98. The van der Waals surface area contributed by atoms with Crippen molar-refractivity contribution in [3.05, 3.63) is 53.7 Å². The van der Waals surface area contributed by atoms with Crippen molar-refractivity contribution in [3.63, 3.8) is 0 Å². The molecular formula is C19H23N5O2. The van der Waals surface area contributed by atoms with Crippen LogP contribution in [0, 0.1) is 6.92 Å². The van der Waals surface area contributed by atoms with E-state index in [0.29, 0.717) is 5.92 Å². The average Bonchev–Trinajstić information content (AvgIpc) is 3.20. The first-order chi connectivity index (χ1) is 12.6. The molecule has 0 amide bonds. The Morgan fingerprint density at radius 2 is 2.19 bits per heavy atom. The van der Waals surface area contributed by atoms with Gasteiger partial charge in [0, 0.05) is 37.6 Å². The molecule has 1 N–H and O–H groups in total. The third-order valence-electron chi connectivity index (χ3n) is 4.92. The number of piperidine rings is 1. The van der Waals surface area contributed by atoms with E-state index in [9.17, 15) is 4.79 Å². The maximum atomic E-state index is 10.8. The highest BCUT2D eigenvalue weighted by molar-refractivity contribution is 5.66. The Bertz CT molecular complexity index is 929. The number of carboxylic acids is 1.